The van der Waals surface area contributed by atoms with Crippen molar-refractivity contribution in [2.75, 3.05) is 38.0 Å². The summed E-state index contributed by atoms with van der Waals surface area (Å²) in [6.07, 6.45) is 1.34. The molecule has 2 aromatic rings. The van der Waals surface area contributed by atoms with Gasteiger partial charge in [-0.05, 0) is 49.6 Å². The molecule has 1 atom stereocenters. The predicted molar refractivity (Wildman–Crippen MR) is 122 cm³/mol. The molecule has 0 aromatic heterocycles. The van der Waals surface area contributed by atoms with E-state index in [1.54, 1.807) is 14.2 Å². The van der Waals surface area contributed by atoms with Crippen molar-refractivity contribution in [1.29, 1.82) is 0 Å². The van der Waals surface area contributed by atoms with E-state index in [1.807, 2.05) is 49.4 Å². The highest BCUT2D eigenvalue weighted by Gasteiger charge is 2.23. The lowest BCUT2D eigenvalue weighted by molar-refractivity contribution is -0.124. The number of carbonyl (C=O) groups is 1. The first-order chi connectivity index (χ1) is 15.1. The van der Waals surface area contributed by atoms with E-state index >= 15 is 0 Å². The molecule has 1 heterocycles. The zero-order chi connectivity index (χ0) is 22.1. The molecule has 3 N–H and O–H groups in total. The largest absolute Gasteiger partial charge is 0.493 e. The van der Waals surface area contributed by atoms with Gasteiger partial charge in [0.15, 0.2) is 17.5 Å². The zero-order valence-electron chi connectivity index (χ0n) is 18.2. The lowest BCUT2D eigenvalue weighted by Crippen LogP contribution is -2.30. The van der Waals surface area contributed by atoms with Crippen LogP contribution in [0, 0.1) is 0 Å². The van der Waals surface area contributed by atoms with Crippen LogP contribution in [0.15, 0.2) is 47.5 Å². The molecule has 1 fully saturated rings. The van der Waals surface area contributed by atoms with Crippen molar-refractivity contribution >= 4 is 23.2 Å². The second kappa shape index (κ2) is 11.2. The number of amides is 1. The summed E-state index contributed by atoms with van der Waals surface area (Å²) in [5.74, 6) is 1.85. The molecular formula is C23H30N4O4. The summed E-state index contributed by atoms with van der Waals surface area (Å²) in [5, 5.41) is 9.44. The molecule has 8 heteroatoms. The van der Waals surface area contributed by atoms with E-state index in [2.05, 4.69) is 20.9 Å². The highest BCUT2D eigenvalue weighted by atomic mass is 16.5. The normalized spacial score (nSPS) is 16.0. The number of guanidine groups is 1. The van der Waals surface area contributed by atoms with Crippen LogP contribution in [0.2, 0.25) is 0 Å². The van der Waals surface area contributed by atoms with Gasteiger partial charge in [0.05, 0.1) is 20.8 Å². The first-order valence-electron chi connectivity index (χ1n) is 10.4. The molecule has 0 aliphatic carbocycles. The number of benzene rings is 2. The van der Waals surface area contributed by atoms with Gasteiger partial charge in [-0.25, -0.2) is 4.99 Å². The van der Waals surface area contributed by atoms with Gasteiger partial charge >= 0.3 is 0 Å². The Bertz CT molecular complexity index is 910. The van der Waals surface area contributed by atoms with Crippen molar-refractivity contribution < 1.29 is 19.0 Å². The van der Waals surface area contributed by atoms with Crippen LogP contribution in [-0.4, -0.2) is 45.3 Å². The Hall–Kier alpha value is -3.26. The average molecular weight is 427 g/mol. The Labute approximate surface area is 183 Å². The summed E-state index contributed by atoms with van der Waals surface area (Å²) in [5.41, 5.74) is 2.55. The molecule has 166 valence electrons. The first kappa shape index (κ1) is 22.4. The van der Waals surface area contributed by atoms with Crippen molar-refractivity contribution in [3.05, 3.63) is 48.0 Å². The van der Waals surface area contributed by atoms with Crippen LogP contribution in [0.3, 0.4) is 0 Å². The second-order valence-electron chi connectivity index (χ2n) is 7.08. The summed E-state index contributed by atoms with van der Waals surface area (Å²) < 4.78 is 16.1. The van der Waals surface area contributed by atoms with Crippen molar-refractivity contribution in [3.63, 3.8) is 0 Å². The number of methoxy groups -OCH3 is 2. The van der Waals surface area contributed by atoms with Crippen LogP contribution in [0.1, 0.15) is 25.3 Å². The number of ether oxygens (including phenoxy) is 3. The molecule has 1 saturated heterocycles. The molecule has 3 rings (SSSR count). The van der Waals surface area contributed by atoms with E-state index in [1.165, 1.54) is 0 Å². The predicted octanol–water partition coefficient (Wildman–Crippen LogP) is 3.40. The molecular weight excluding hydrogens is 396 g/mol. The topological polar surface area (TPSA) is 93.2 Å². The summed E-state index contributed by atoms with van der Waals surface area (Å²) in [6.45, 7) is 3.82. The Morgan fingerprint density at radius 2 is 1.90 bits per heavy atom. The van der Waals surface area contributed by atoms with E-state index in [9.17, 15) is 4.79 Å². The number of carbonyl (C=O) groups excluding carboxylic acids is 1. The molecule has 1 aliphatic heterocycles. The van der Waals surface area contributed by atoms with Crippen molar-refractivity contribution in [1.82, 2.24) is 5.32 Å². The number of anilines is 2. The Morgan fingerprint density at radius 3 is 2.61 bits per heavy atom. The van der Waals surface area contributed by atoms with Gasteiger partial charge in [0.2, 0.25) is 0 Å². The van der Waals surface area contributed by atoms with Crippen LogP contribution >= 0.6 is 0 Å². The fraction of sp³-hybridized carbons (Fsp3) is 0.391. The monoisotopic (exact) mass is 426 g/mol. The Balaban J connectivity index is 1.66. The van der Waals surface area contributed by atoms with E-state index in [0.717, 1.165) is 36.3 Å². The third-order valence-electron chi connectivity index (χ3n) is 4.83. The van der Waals surface area contributed by atoms with Gasteiger partial charge in [0.1, 0.15) is 6.10 Å². The van der Waals surface area contributed by atoms with Gasteiger partial charge in [0, 0.05) is 30.6 Å². The van der Waals surface area contributed by atoms with Crippen LogP contribution in [-0.2, 0) is 16.1 Å². The van der Waals surface area contributed by atoms with Crippen molar-refractivity contribution in [3.8, 4) is 11.5 Å². The fourth-order valence-corrected chi connectivity index (χ4v) is 3.28. The summed E-state index contributed by atoms with van der Waals surface area (Å²) in [7, 11) is 3.21. The van der Waals surface area contributed by atoms with E-state index in [4.69, 9.17) is 14.2 Å². The molecule has 0 saturated carbocycles. The molecule has 8 nitrogen and oxygen atoms in total. The summed E-state index contributed by atoms with van der Waals surface area (Å²) >= 11 is 0. The van der Waals surface area contributed by atoms with E-state index < -0.39 is 0 Å². The summed E-state index contributed by atoms with van der Waals surface area (Å²) in [4.78, 5) is 16.9. The van der Waals surface area contributed by atoms with Crippen LogP contribution in [0.4, 0.5) is 11.4 Å². The second-order valence-corrected chi connectivity index (χ2v) is 7.08. The first-order valence-corrected chi connectivity index (χ1v) is 10.4. The van der Waals surface area contributed by atoms with Crippen LogP contribution in [0.5, 0.6) is 11.5 Å². The molecule has 1 aliphatic rings. The van der Waals surface area contributed by atoms with Gasteiger partial charge in [-0.1, -0.05) is 12.1 Å². The minimum Gasteiger partial charge on any atom is -0.493 e. The smallest absolute Gasteiger partial charge is 0.253 e. The number of hydrogen-bond acceptors (Lipinski definition) is 5. The highest BCUT2D eigenvalue weighted by Crippen LogP contribution is 2.29. The van der Waals surface area contributed by atoms with Crippen molar-refractivity contribution in [2.24, 2.45) is 4.99 Å². The minimum atomic E-state index is -0.354. The van der Waals surface area contributed by atoms with Gasteiger partial charge in [0.25, 0.3) is 5.91 Å². The van der Waals surface area contributed by atoms with Crippen molar-refractivity contribution in [2.45, 2.75) is 32.4 Å². The standard InChI is InChI=1S/C23H30N4O4/c1-4-24-23(27-18-10-11-19(29-2)21(14-18)30-3)25-15-16-7-5-8-17(13-16)26-22(28)20-9-6-12-31-20/h5,7-8,10-11,13-14,20H,4,6,9,12,15H2,1-3H3,(H,26,28)(H2,24,25,27). The third kappa shape index (κ3) is 6.36. The van der Waals surface area contributed by atoms with Crippen LogP contribution < -0.4 is 25.4 Å². The highest BCUT2D eigenvalue weighted by molar-refractivity contribution is 5.95. The molecule has 0 bridgehead atoms. The van der Waals surface area contributed by atoms with E-state index in [-0.39, 0.29) is 12.0 Å². The van der Waals surface area contributed by atoms with Gasteiger partial charge in [-0.3, -0.25) is 4.79 Å². The maximum Gasteiger partial charge on any atom is 0.253 e. The van der Waals surface area contributed by atoms with E-state index in [0.29, 0.717) is 30.6 Å². The van der Waals surface area contributed by atoms with Gasteiger partial charge < -0.3 is 30.2 Å². The Morgan fingerprint density at radius 1 is 1.10 bits per heavy atom. The average Bonchev–Trinajstić information content (AvgIpc) is 3.33. The molecule has 0 spiro atoms. The number of nitrogens with one attached hydrogen (secondary N) is 3. The van der Waals surface area contributed by atoms with Gasteiger partial charge in [-0.2, -0.15) is 0 Å². The number of rotatable bonds is 8. The molecule has 2 aromatic carbocycles. The maximum atomic E-state index is 12.3. The van der Waals surface area contributed by atoms with Gasteiger partial charge in [-0.15, -0.1) is 0 Å². The quantitative estimate of drug-likeness (QED) is 0.443. The molecule has 31 heavy (non-hydrogen) atoms. The SMILES string of the molecule is CCNC(=NCc1cccc(NC(=O)C2CCCO2)c1)Nc1ccc(OC)c(OC)c1. The number of hydrogen-bond donors (Lipinski definition) is 3. The third-order valence-corrected chi connectivity index (χ3v) is 4.83. The number of aliphatic imine (C=N–C) groups is 1. The van der Waals surface area contributed by atoms with Crippen LogP contribution in [0.25, 0.3) is 0 Å². The zero-order valence-corrected chi connectivity index (χ0v) is 18.2. The minimum absolute atomic E-state index is 0.0957. The number of nitrogens with zero attached hydrogens (tertiary/aromatic N) is 1. The summed E-state index contributed by atoms with van der Waals surface area (Å²) in [6, 6.07) is 13.3. The molecule has 1 unspecified atom stereocenters. The fourth-order valence-electron chi connectivity index (χ4n) is 3.28. The molecule has 1 amide bonds. The Kier molecular flexibility index (Phi) is 8.12. The maximum absolute atomic E-state index is 12.3. The lowest BCUT2D eigenvalue weighted by atomic mass is 10.2. The lowest BCUT2D eigenvalue weighted by Gasteiger charge is -2.14. The molecule has 0 radical (unpaired) electrons.